The van der Waals surface area contributed by atoms with Crippen LogP contribution >= 0.6 is 0 Å². The van der Waals surface area contributed by atoms with Gasteiger partial charge in [0.05, 0.1) is 17.6 Å². The maximum Gasteiger partial charge on any atom is 0.132 e. The van der Waals surface area contributed by atoms with Crippen molar-refractivity contribution in [1.82, 2.24) is 9.97 Å². The second-order valence-electron chi connectivity index (χ2n) is 6.06. The summed E-state index contributed by atoms with van der Waals surface area (Å²) in [6.07, 6.45) is 6.93. The normalized spacial score (nSPS) is 15.2. The monoisotopic (exact) mass is 296 g/mol. The molecule has 0 bridgehead atoms. The van der Waals surface area contributed by atoms with Gasteiger partial charge in [0.1, 0.15) is 5.82 Å². The summed E-state index contributed by atoms with van der Waals surface area (Å²) in [7, 11) is 0. The van der Waals surface area contributed by atoms with Crippen LogP contribution in [0.15, 0.2) is 30.5 Å². The number of hydrogen-bond donors (Lipinski definition) is 2. The average Bonchev–Trinajstić information content (AvgIpc) is 3.07. The van der Waals surface area contributed by atoms with E-state index in [1.54, 1.807) is 0 Å². The molecular weight excluding hydrogens is 272 g/mol. The Balaban J connectivity index is 2.00. The Bertz CT molecular complexity index is 633. The highest BCUT2D eigenvalue weighted by molar-refractivity contribution is 5.74. The number of rotatable bonds is 5. The van der Waals surface area contributed by atoms with Crippen molar-refractivity contribution in [3.63, 3.8) is 0 Å². The van der Waals surface area contributed by atoms with Gasteiger partial charge >= 0.3 is 0 Å². The summed E-state index contributed by atoms with van der Waals surface area (Å²) in [5, 5.41) is 3.35. The van der Waals surface area contributed by atoms with Crippen LogP contribution in [0.2, 0.25) is 0 Å². The van der Waals surface area contributed by atoms with Crippen LogP contribution in [0, 0.1) is 6.92 Å². The zero-order valence-electron chi connectivity index (χ0n) is 13.2. The Morgan fingerprint density at radius 2 is 2.09 bits per heavy atom. The summed E-state index contributed by atoms with van der Waals surface area (Å²) in [5.74, 6) is 1.51. The number of hydrogen-bond acceptors (Lipinski definition) is 4. The Kier molecular flexibility index (Phi) is 4.68. The number of aromatic nitrogens is 2. The first kappa shape index (κ1) is 15.0. The first-order valence-corrected chi connectivity index (χ1v) is 8.16. The van der Waals surface area contributed by atoms with Crippen LogP contribution in [0.1, 0.15) is 43.0 Å². The van der Waals surface area contributed by atoms with Crippen LogP contribution in [0.4, 0.5) is 5.69 Å². The summed E-state index contributed by atoms with van der Waals surface area (Å²) >= 11 is 0. The second kappa shape index (κ2) is 6.88. The lowest BCUT2D eigenvalue weighted by Crippen LogP contribution is -2.15. The van der Waals surface area contributed by atoms with Crippen LogP contribution in [0.3, 0.4) is 0 Å². The fourth-order valence-electron chi connectivity index (χ4n) is 3.12. The topological polar surface area (TPSA) is 63.8 Å². The van der Waals surface area contributed by atoms with Gasteiger partial charge in [-0.05, 0) is 25.8 Å². The minimum atomic E-state index is 0.520. The molecule has 0 atom stereocenters. The molecule has 3 rings (SSSR count). The molecule has 1 heterocycles. The SMILES string of the molecule is Cc1cccc(-c2nc(C3CCCC3)ncc2NCCN)c1. The van der Waals surface area contributed by atoms with E-state index < -0.39 is 0 Å². The Hall–Kier alpha value is -1.94. The summed E-state index contributed by atoms with van der Waals surface area (Å²) in [6.45, 7) is 3.43. The zero-order chi connectivity index (χ0) is 15.4. The molecule has 0 saturated heterocycles. The van der Waals surface area contributed by atoms with Crippen LogP contribution in [0.5, 0.6) is 0 Å². The van der Waals surface area contributed by atoms with Gasteiger partial charge in [0, 0.05) is 24.6 Å². The summed E-state index contributed by atoms with van der Waals surface area (Å²) in [6, 6.07) is 8.47. The predicted molar refractivity (Wildman–Crippen MR) is 91.0 cm³/mol. The average molecular weight is 296 g/mol. The largest absolute Gasteiger partial charge is 0.381 e. The van der Waals surface area contributed by atoms with Gasteiger partial charge in [-0.2, -0.15) is 0 Å². The minimum absolute atomic E-state index is 0.520. The molecule has 22 heavy (non-hydrogen) atoms. The summed E-state index contributed by atoms with van der Waals surface area (Å²) in [4.78, 5) is 9.51. The third kappa shape index (κ3) is 3.28. The van der Waals surface area contributed by atoms with Crippen LogP contribution in [0.25, 0.3) is 11.3 Å². The maximum absolute atomic E-state index is 5.62. The van der Waals surface area contributed by atoms with E-state index in [0.29, 0.717) is 12.5 Å². The highest BCUT2D eigenvalue weighted by atomic mass is 15.0. The van der Waals surface area contributed by atoms with E-state index in [1.165, 1.54) is 31.2 Å². The molecule has 1 aliphatic rings. The number of benzene rings is 1. The number of anilines is 1. The molecule has 4 nitrogen and oxygen atoms in total. The van der Waals surface area contributed by atoms with Crippen LogP contribution in [-0.2, 0) is 0 Å². The lowest BCUT2D eigenvalue weighted by molar-refractivity contribution is 0.669. The third-order valence-corrected chi connectivity index (χ3v) is 4.28. The fraction of sp³-hybridized carbons (Fsp3) is 0.444. The minimum Gasteiger partial charge on any atom is -0.381 e. The Morgan fingerprint density at radius 3 is 2.82 bits per heavy atom. The van der Waals surface area contributed by atoms with E-state index in [1.807, 2.05) is 6.20 Å². The molecule has 2 aromatic rings. The van der Waals surface area contributed by atoms with E-state index >= 15 is 0 Å². The third-order valence-electron chi connectivity index (χ3n) is 4.28. The predicted octanol–water partition coefficient (Wildman–Crippen LogP) is 3.48. The molecule has 0 unspecified atom stereocenters. The molecule has 1 fully saturated rings. The lowest BCUT2D eigenvalue weighted by Gasteiger charge is -2.15. The molecule has 0 aliphatic heterocycles. The molecule has 0 spiro atoms. The quantitative estimate of drug-likeness (QED) is 0.886. The van der Waals surface area contributed by atoms with E-state index in [0.717, 1.165) is 29.3 Å². The standard InChI is InChI=1S/C18H24N4/c1-13-5-4-8-15(11-13)17-16(20-10-9-19)12-21-18(22-17)14-6-2-3-7-14/h4-5,8,11-12,14,20H,2-3,6-7,9-10,19H2,1H3. The van der Waals surface area contributed by atoms with E-state index in [9.17, 15) is 0 Å². The van der Waals surface area contributed by atoms with E-state index in [4.69, 9.17) is 10.7 Å². The van der Waals surface area contributed by atoms with Crippen molar-refractivity contribution >= 4 is 5.69 Å². The number of nitrogens with two attached hydrogens (primary N) is 1. The zero-order valence-corrected chi connectivity index (χ0v) is 13.2. The molecule has 1 aliphatic carbocycles. The number of nitrogens with zero attached hydrogens (tertiary/aromatic N) is 2. The van der Waals surface area contributed by atoms with Crippen molar-refractivity contribution in [2.45, 2.75) is 38.5 Å². The molecule has 1 saturated carbocycles. The fourth-order valence-corrected chi connectivity index (χ4v) is 3.12. The smallest absolute Gasteiger partial charge is 0.132 e. The molecule has 0 amide bonds. The lowest BCUT2D eigenvalue weighted by atomic mass is 10.0. The van der Waals surface area contributed by atoms with Crippen molar-refractivity contribution in [3.8, 4) is 11.3 Å². The van der Waals surface area contributed by atoms with Gasteiger partial charge in [0.2, 0.25) is 0 Å². The second-order valence-corrected chi connectivity index (χ2v) is 6.06. The summed E-state index contributed by atoms with van der Waals surface area (Å²) in [5.41, 5.74) is 9.96. The summed E-state index contributed by atoms with van der Waals surface area (Å²) < 4.78 is 0. The molecule has 1 aromatic carbocycles. The number of nitrogens with one attached hydrogen (secondary N) is 1. The van der Waals surface area contributed by atoms with Crippen LogP contribution in [-0.4, -0.2) is 23.1 Å². The van der Waals surface area contributed by atoms with Gasteiger partial charge in [0.15, 0.2) is 0 Å². The molecule has 3 N–H and O–H groups in total. The first-order chi connectivity index (χ1) is 10.8. The molecule has 1 aromatic heterocycles. The van der Waals surface area contributed by atoms with Crippen molar-refractivity contribution in [3.05, 3.63) is 41.9 Å². The van der Waals surface area contributed by atoms with E-state index in [-0.39, 0.29) is 0 Å². The van der Waals surface area contributed by atoms with Crippen LogP contribution < -0.4 is 11.1 Å². The highest BCUT2D eigenvalue weighted by Crippen LogP contribution is 2.34. The van der Waals surface area contributed by atoms with Gasteiger partial charge in [-0.25, -0.2) is 9.97 Å². The van der Waals surface area contributed by atoms with Gasteiger partial charge in [0.25, 0.3) is 0 Å². The highest BCUT2D eigenvalue weighted by Gasteiger charge is 2.21. The maximum atomic E-state index is 5.62. The van der Waals surface area contributed by atoms with Crippen molar-refractivity contribution in [2.24, 2.45) is 5.73 Å². The van der Waals surface area contributed by atoms with Gasteiger partial charge < -0.3 is 11.1 Å². The molecule has 0 radical (unpaired) electrons. The molecule has 116 valence electrons. The van der Waals surface area contributed by atoms with Gasteiger partial charge in [-0.15, -0.1) is 0 Å². The van der Waals surface area contributed by atoms with E-state index in [2.05, 4.69) is 41.5 Å². The van der Waals surface area contributed by atoms with Crippen molar-refractivity contribution in [1.29, 1.82) is 0 Å². The Labute approximate surface area is 132 Å². The van der Waals surface area contributed by atoms with Crippen molar-refractivity contribution in [2.75, 3.05) is 18.4 Å². The Morgan fingerprint density at radius 1 is 1.27 bits per heavy atom. The van der Waals surface area contributed by atoms with Crippen molar-refractivity contribution < 1.29 is 0 Å². The van der Waals surface area contributed by atoms with Gasteiger partial charge in [-0.3, -0.25) is 0 Å². The molecular formula is C18H24N4. The molecule has 4 heteroatoms. The number of aryl methyl sites for hydroxylation is 1. The first-order valence-electron chi connectivity index (χ1n) is 8.16. The van der Waals surface area contributed by atoms with Gasteiger partial charge in [-0.1, -0.05) is 36.6 Å².